The molecule has 0 aliphatic rings. The van der Waals surface area contributed by atoms with E-state index in [1.165, 1.54) is 4.88 Å². The molecular formula is C14H16BrNOS. The van der Waals surface area contributed by atoms with Crippen molar-refractivity contribution in [3.05, 3.63) is 50.6 Å². The van der Waals surface area contributed by atoms with E-state index in [-0.39, 0.29) is 0 Å². The molecule has 0 bridgehead atoms. The van der Waals surface area contributed by atoms with Crippen molar-refractivity contribution in [2.75, 3.05) is 6.54 Å². The molecule has 1 heterocycles. The van der Waals surface area contributed by atoms with E-state index in [4.69, 9.17) is 0 Å². The molecule has 2 nitrogen and oxygen atoms in total. The molecule has 0 radical (unpaired) electrons. The van der Waals surface area contributed by atoms with Gasteiger partial charge >= 0.3 is 0 Å². The van der Waals surface area contributed by atoms with Gasteiger partial charge in [0.25, 0.3) is 0 Å². The zero-order valence-corrected chi connectivity index (χ0v) is 12.6. The molecule has 1 aromatic carbocycles. The van der Waals surface area contributed by atoms with Gasteiger partial charge in [0.1, 0.15) is 5.75 Å². The highest BCUT2D eigenvalue weighted by atomic mass is 79.9. The van der Waals surface area contributed by atoms with Gasteiger partial charge in [0.05, 0.1) is 0 Å². The average molecular weight is 326 g/mol. The van der Waals surface area contributed by atoms with E-state index in [0.29, 0.717) is 11.8 Å². The lowest BCUT2D eigenvalue weighted by Crippen LogP contribution is -2.22. The topological polar surface area (TPSA) is 32.3 Å². The number of phenols is 1. The molecule has 2 aromatic rings. The largest absolute Gasteiger partial charge is 0.508 e. The molecule has 1 unspecified atom stereocenters. The number of aromatic hydroxyl groups is 1. The second-order valence-electron chi connectivity index (χ2n) is 4.15. The van der Waals surface area contributed by atoms with Crippen LogP contribution in [-0.2, 0) is 6.42 Å². The third-order valence-corrected chi connectivity index (χ3v) is 4.54. The van der Waals surface area contributed by atoms with Gasteiger partial charge < -0.3 is 10.4 Å². The summed E-state index contributed by atoms with van der Waals surface area (Å²) in [6.07, 6.45) is 0.884. The molecule has 2 rings (SSSR count). The summed E-state index contributed by atoms with van der Waals surface area (Å²) in [6, 6.07) is 9.92. The van der Waals surface area contributed by atoms with E-state index in [1.54, 1.807) is 17.4 Å². The Hall–Kier alpha value is -0.840. The molecule has 1 atom stereocenters. The smallest absolute Gasteiger partial charge is 0.115 e. The first-order valence-corrected chi connectivity index (χ1v) is 7.61. The van der Waals surface area contributed by atoms with Crippen molar-refractivity contribution >= 4 is 27.3 Å². The first-order valence-electron chi connectivity index (χ1n) is 5.94. The van der Waals surface area contributed by atoms with Crippen molar-refractivity contribution in [1.29, 1.82) is 0 Å². The molecule has 4 heteroatoms. The number of benzene rings is 1. The summed E-state index contributed by atoms with van der Waals surface area (Å²) in [5.74, 6) is 0.329. The SMILES string of the molecule is CCNC(Cc1cccc(O)c1)c1cc(Br)cs1. The third kappa shape index (κ3) is 3.57. The summed E-state index contributed by atoms with van der Waals surface area (Å²) in [7, 11) is 0. The van der Waals surface area contributed by atoms with Crippen molar-refractivity contribution in [3.63, 3.8) is 0 Å². The van der Waals surface area contributed by atoms with Gasteiger partial charge in [0.2, 0.25) is 0 Å². The lowest BCUT2D eigenvalue weighted by molar-refractivity contribution is 0.473. The van der Waals surface area contributed by atoms with E-state index in [2.05, 4.69) is 39.6 Å². The van der Waals surface area contributed by atoms with Crippen LogP contribution in [0, 0.1) is 0 Å². The van der Waals surface area contributed by atoms with Crippen LogP contribution in [0.15, 0.2) is 40.2 Å². The van der Waals surface area contributed by atoms with Crippen LogP contribution in [-0.4, -0.2) is 11.7 Å². The average Bonchev–Trinajstić information content (AvgIpc) is 2.75. The molecule has 1 aromatic heterocycles. The van der Waals surface area contributed by atoms with Crippen LogP contribution < -0.4 is 5.32 Å². The Morgan fingerprint density at radius 2 is 2.22 bits per heavy atom. The summed E-state index contributed by atoms with van der Waals surface area (Å²) in [5.41, 5.74) is 1.14. The molecule has 96 valence electrons. The first kappa shape index (κ1) is 13.6. The summed E-state index contributed by atoms with van der Waals surface area (Å²) in [4.78, 5) is 1.31. The number of phenolic OH excluding ortho intramolecular Hbond substituents is 1. The molecule has 0 aliphatic heterocycles. The summed E-state index contributed by atoms with van der Waals surface area (Å²) < 4.78 is 1.13. The van der Waals surface area contributed by atoms with Crippen LogP contribution in [0.1, 0.15) is 23.4 Å². The monoisotopic (exact) mass is 325 g/mol. The number of rotatable bonds is 5. The predicted octanol–water partition coefficient (Wildman–Crippen LogP) is 4.11. The zero-order valence-electron chi connectivity index (χ0n) is 10.2. The zero-order chi connectivity index (χ0) is 13.0. The van der Waals surface area contributed by atoms with Crippen LogP contribution in [0.5, 0.6) is 5.75 Å². The van der Waals surface area contributed by atoms with Crippen molar-refractivity contribution in [3.8, 4) is 5.75 Å². The maximum atomic E-state index is 9.51. The Bertz CT molecular complexity index is 512. The Kier molecular flexibility index (Phi) is 4.80. The van der Waals surface area contributed by atoms with Gasteiger partial charge in [-0.1, -0.05) is 19.1 Å². The fraction of sp³-hybridized carbons (Fsp3) is 0.286. The minimum absolute atomic E-state index is 0.299. The molecule has 0 aliphatic carbocycles. The maximum absolute atomic E-state index is 9.51. The number of likely N-dealkylation sites (N-methyl/N-ethyl adjacent to an activating group) is 1. The Balaban J connectivity index is 2.16. The van der Waals surface area contributed by atoms with E-state index < -0.39 is 0 Å². The Labute approximate surface area is 120 Å². The van der Waals surface area contributed by atoms with Gasteiger partial charge in [-0.15, -0.1) is 11.3 Å². The van der Waals surface area contributed by atoms with Gasteiger partial charge in [-0.3, -0.25) is 0 Å². The summed E-state index contributed by atoms with van der Waals surface area (Å²) >= 11 is 5.24. The number of nitrogens with one attached hydrogen (secondary N) is 1. The molecule has 2 N–H and O–H groups in total. The van der Waals surface area contributed by atoms with Crippen molar-refractivity contribution in [1.82, 2.24) is 5.32 Å². The van der Waals surface area contributed by atoms with E-state index in [1.807, 2.05) is 18.2 Å². The number of hydrogen-bond donors (Lipinski definition) is 2. The number of halogens is 1. The van der Waals surface area contributed by atoms with Crippen molar-refractivity contribution in [2.24, 2.45) is 0 Å². The molecule has 0 fully saturated rings. The molecular weight excluding hydrogens is 310 g/mol. The van der Waals surface area contributed by atoms with Gasteiger partial charge in [-0.25, -0.2) is 0 Å². The number of hydrogen-bond acceptors (Lipinski definition) is 3. The lowest BCUT2D eigenvalue weighted by Gasteiger charge is -2.16. The number of thiophene rings is 1. The molecule has 0 amide bonds. The molecule has 0 spiro atoms. The quantitative estimate of drug-likeness (QED) is 0.867. The van der Waals surface area contributed by atoms with Gasteiger partial charge in [0.15, 0.2) is 0 Å². The van der Waals surface area contributed by atoms with Crippen LogP contribution in [0.4, 0.5) is 0 Å². The molecule has 0 saturated carbocycles. The minimum Gasteiger partial charge on any atom is -0.508 e. The van der Waals surface area contributed by atoms with Gasteiger partial charge in [-0.2, -0.15) is 0 Å². The van der Waals surface area contributed by atoms with Crippen LogP contribution in [0.3, 0.4) is 0 Å². The fourth-order valence-corrected chi connectivity index (χ4v) is 3.47. The highest BCUT2D eigenvalue weighted by Gasteiger charge is 2.13. The fourth-order valence-electron chi connectivity index (χ4n) is 1.95. The Morgan fingerprint density at radius 3 is 2.83 bits per heavy atom. The highest BCUT2D eigenvalue weighted by Crippen LogP contribution is 2.28. The maximum Gasteiger partial charge on any atom is 0.115 e. The van der Waals surface area contributed by atoms with E-state index in [9.17, 15) is 5.11 Å². The second-order valence-corrected chi connectivity index (χ2v) is 6.01. The normalized spacial score (nSPS) is 12.6. The molecule has 18 heavy (non-hydrogen) atoms. The van der Waals surface area contributed by atoms with Gasteiger partial charge in [0, 0.05) is 20.8 Å². The minimum atomic E-state index is 0.299. The third-order valence-electron chi connectivity index (χ3n) is 2.73. The van der Waals surface area contributed by atoms with Crippen LogP contribution >= 0.6 is 27.3 Å². The highest BCUT2D eigenvalue weighted by molar-refractivity contribution is 9.10. The second kappa shape index (κ2) is 6.36. The van der Waals surface area contributed by atoms with E-state index in [0.717, 1.165) is 23.0 Å². The van der Waals surface area contributed by atoms with E-state index >= 15 is 0 Å². The van der Waals surface area contributed by atoms with Gasteiger partial charge in [-0.05, 0) is 52.7 Å². The summed E-state index contributed by atoms with van der Waals surface area (Å²) in [5, 5.41) is 15.1. The Morgan fingerprint density at radius 1 is 1.39 bits per heavy atom. The first-order chi connectivity index (χ1) is 8.69. The van der Waals surface area contributed by atoms with Crippen molar-refractivity contribution in [2.45, 2.75) is 19.4 Å². The predicted molar refractivity (Wildman–Crippen MR) is 80.2 cm³/mol. The van der Waals surface area contributed by atoms with Crippen LogP contribution in [0.2, 0.25) is 0 Å². The lowest BCUT2D eigenvalue weighted by atomic mass is 10.0. The molecule has 0 saturated heterocycles. The summed E-state index contributed by atoms with van der Waals surface area (Å²) in [6.45, 7) is 3.04. The van der Waals surface area contributed by atoms with Crippen molar-refractivity contribution < 1.29 is 5.11 Å². The standard InChI is InChI=1S/C14H16BrNOS/c1-2-16-13(14-8-11(15)9-18-14)7-10-4-3-5-12(17)6-10/h3-6,8-9,13,16-17H,2,7H2,1H3. The van der Waals surface area contributed by atoms with Crippen LogP contribution in [0.25, 0.3) is 0 Å².